The Bertz CT molecular complexity index is 365. The average Bonchev–Trinajstić information content (AvgIpc) is 1.86. The topological polar surface area (TPSA) is 74.6 Å². The third-order valence-electron chi connectivity index (χ3n) is 1.12. The van der Waals surface area contributed by atoms with Crippen LogP contribution < -0.4 is 29.6 Å². The Morgan fingerprint density at radius 2 is 1.92 bits per heavy atom. The Morgan fingerprint density at radius 3 is 2.25 bits per heavy atom. The van der Waals surface area contributed by atoms with Crippen LogP contribution in [0.4, 0.5) is 0 Å². The Balaban J connectivity index is 0. The van der Waals surface area contributed by atoms with Crippen LogP contribution in [0.25, 0.3) is 0 Å². The van der Waals surface area contributed by atoms with E-state index in [1.54, 1.807) is 0 Å². The van der Waals surface area contributed by atoms with E-state index in [0.717, 1.165) is 6.07 Å². The van der Waals surface area contributed by atoms with Gasteiger partial charge in [-0.25, -0.2) is 0 Å². The normalized spacial score (nSPS) is 10.4. The fraction of sp³-hybridized carbons (Fsp3) is 0. The van der Waals surface area contributed by atoms with Crippen LogP contribution >= 0.6 is 0 Å². The minimum absolute atomic E-state index is 0. The third kappa shape index (κ3) is 3.12. The van der Waals surface area contributed by atoms with Crippen LogP contribution in [-0.4, -0.2) is 18.1 Å². The maximum Gasteiger partial charge on any atom is 1.00 e. The molecule has 6 heteroatoms. The van der Waals surface area contributed by atoms with Gasteiger partial charge in [-0.2, -0.15) is 8.42 Å². The van der Waals surface area contributed by atoms with Gasteiger partial charge in [0.15, 0.2) is 0 Å². The monoisotopic (exact) mass is 198 g/mol. The maximum atomic E-state index is 10.4. The van der Waals surface area contributed by atoms with Crippen LogP contribution in [0.3, 0.4) is 0 Å². The van der Waals surface area contributed by atoms with Gasteiger partial charge in [0.1, 0.15) is 5.75 Å². The molecule has 0 saturated carbocycles. The first-order valence-electron chi connectivity index (χ1n) is 2.77. The van der Waals surface area contributed by atoms with E-state index in [2.05, 4.69) is 0 Å². The SMILES string of the molecule is O=S(=O)(O)c1cccc(O)c1.[H-].[Na+]. The predicted octanol–water partition coefficient (Wildman–Crippen LogP) is -2.24. The molecule has 0 atom stereocenters. The van der Waals surface area contributed by atoms with Crippen LogP contribution in [-0.2, 0) is 10.1 Å². The minimum Gasteiger partial charge on any atom is -1.00 e. The van der Waals surface area contributed by atoms with E-state index in [-0.39, 0.29) is 41.6 Å². The second-order valence-corrected chi connectivity index (χ2v) is 3.39. The molecule has 0 spiro atoms. The molecular formula is C6H7NaO4S. The smallest absolute Gasteiger partial charge is 1.00 e. The van der Waals surface area contributed by atoms with E-state index in [0.29, 0.717) is 0 Å². The van der Waals surface area contributed by atoms with Crippen molar-refractivity contribution in [1.82, 2.24) is 0 Å². The summed E-state index contributed by atoms with van der Waals surface area (Å²) in [6.07, 6.45) is 0. The molecule has 0 amide bonds. The van der Waals surface area contributed by atoms with Crippen molar-refractivity contribution in [2.75, 3.05) is 0 Å². The molecule has 0 heterocycles. The van der Waals surface area contributed by atoms with Gasteiger partial charge in [-0.15, -0.1) is 0 Å². The summed E-state index contributed by atoms with van der Waals surface area (Å²) in [7, 11) is -4.19. The van der Waals surface area contributed by atoms with Crippen LogP contribution in [0.2, 0.25) is 0 Å². The van der Waals surface area contributed by atoms with Crippen molar-refractivity contribution in [3.63, 3.8) is 0 Å². The van der Waals surface area contributed by atoms with Crippen molar-refractivity contribution < 1.29 is 49.1 Å². The largest absolute Gasteiger partial charge is 1.00 e. The number of aromatic hydroxyl groups is 1. The zero-order valence-corrected chi connectivity index (χ0v) is 9.25. The number of phenolic OH excluding ortho intramolecular Hbond substituents is 1. The molecule has 0 aliphatic carbocycles. The Labute approximate surface area is 93.8 Å². The zero-order valence-electron chi connectivity index (χ0n) is 7.43. The van der Waals surface area contributed by atoms with Crippen molar-refractivity contribution in [2.24, 2.45) is 0 Å². The Hall–Kier alpha value is -0.0700. The van der Waals surface area contributed by atoms with Gasteiger partial charge in [0.25, 0.3) is 10.1 Å². The summed E-state index contributed by atoms with van der Waals surface area (Å²) in [6.45, 7) is 0. The van der Waals surface area contributed by atoms with Gasteiger partial charge < -0.3 is 6.53 Å². The van der Waals surface area contributed by atoms with Crippen LogP contribution in [0, 0.1) is 0 Å². The quantitative estimate of drug-likeness (QED) is 0.395. The van der Waals surface area contributed by atoms with Crippen molar-refractivity contribution in [3.05, 3.63) is 24.3 Å². The molecule has 0 saturated heterocycles. The molecule has 1 aromatic rings. The van der Waals surface area contributed by atoms with Crippen LogP contribution in [0.1, 0.15) is 1.43 Å². The molecule has 12 heavy (non-hydrogen) atoms. The molecular weight excluding hydrogens is 191 g/mol. The number of hydrogen-bond donors (Lipinski definition) is 2. The Kier molecular flexibility index (Phi) is 4.22. The molecule has 62 valence electrons. The number of benzene rings is 1. The second-order valence-electron chi connectivity index (χ2n) is 1.97. The molecule has 0 unspecified atom stereocenters. The molecule has 1 rings (SSSR count). The van der Waals surface area contributed by atoms with E-state index in [1.165, 1.54) is 18.2 Å². The molecule has 0 aromatic heterocycles. The van der Waals surface area contributed by atoms with Crippen molar-refractivity contribution in [3.8, 4) is 5.75 Å². The summed E-state index contributed by atoms with van der Waals surface area (Å²) in [5, 5.41) is 8.80. The van der Waals surface area contributed by atoms with Crippen LogP contribution in [0.5, 0.6) is 5.75 Å². The summed E-state index contributed by atoms with van der Waals surface area (Å²) >= 11 is 0. The summed E-state index contributed by atoms with van der Waals surface area (Å²) < 4.78 is 29.3. The van der Waals surface area contributed by atoms with Gasteiger partial charge in [-0.1, -0.05) is 6.07 Å². The van der Waals surface area contributed by atoms with Crippen molar-refractivity contribution in [2.45, 2.75) is 4.90 Å². The maximum absolute atomic E-state index is 10.4. The fourth-order valence-corrected chi connectivity index (χ4v) is 1.16. The second kappa shape index (κ2) is 4.25. The summed E-state index contributed by atoms with van der Waals surface area (Å²) in [5.74, 6) is -0.194. The van der Waals surface area contributed by atoms with Crippen molar-refractivity contribution in [1.29, 1.82) is 0 Å². The van der Waals surface area contributed by atoms with E-state index >= 15 is 0 Å². The number of hydrogen-bond acceptors (Lipinski definition) is 3. The average molecular weight is 198 g/mol. The van der Waals surface area contributed by atoms with Gasteiger partial charge in [0.2, 0.25) is 0 Å². The summed E-state index contributed by atoms with van der Waals surface area (Å²) in [5.41, 5.74) is 0. The molecule has 0 aliphatic rings. The van der Waals surface area contributed by atoms with Crippen molar-refractivity contribution >= 4 is 10.1 Å². The number of rotatable bonds is 1. The van der Waals surface area contributed by atoms with Gasteiger partial charge in [0, 0.05) is 6.07 Å². The Morgan fingerprint density at radius 1 is 1.33 bits per heavy atom. The molecule has 0 fully saturated rings. The third-order valence-corrected chi connectivity index (χ3v) is 1.97. The van der Waals surface area contributed by atoms with Gasteiger partial charge in [-0.3, -0.25) is 4.55 Å². The molecule has 0 aliphatic heterocycles. The van der Waals surface area contributed by atoms with Gasteiger partial charge in [0.05, 0.1) is 4.90 Å². The van der Waals surface area contributed by atoms with Gasteiger partial charge in [-0.05, 0) is 12.1 Å². The standard InChI is InChI=1S/C6H6O4S.Na.H/c7-5-2-1-3-6(4-5)11(8,9)10;;/h1-4,7H,(H,8,9,10);;/q;+1;-1. The molecule has 4 nitrogen and oxygen atoms in total. The first-order chi connectivity index (χ1) is 5.00. The fourth-order valence-electron chi connectivity index (χ4n) is 0.644. The van der Waals surface area contributed by atoms with E-state index in [9.17, 15) is 8.42 Å². The molecule has 0 radical (unpaired) electrons. The van der Waals surface area contributed by atoms with E-state index < -0.39 is 10.1 Å². The van der Waals surface area contributed by atoms with E-state index in [4.69, 9.17) is 9.66 Å². The van der Waals surface area contributed by atoms with E-state index in [1.807, 2.05) is 0 Å². The first kappa shape index (κ1) is 11.9. The van der Waals surface area contributed by atoms with Crippen LogP contribution in [0.15, 0.2) is 29.2 Å². The zero-order chi connectivity index (χ0) is 8.48. The predicted molar refractivity (Wildman–Crippen MR) is 39.0 cm³/mol. The summed E-state index contributed by atoms with van der Waals surface area (Å²) in [6, 6.07) is 4.80. The minimum atomic E-state index is -4.19. The van der Waals surface area contributed by atoms with Gasteiger partial charge >= 0.3 is 29.6 Å². The molecule has 2 N–H and O–H groups in total. The first-order valence-corrected chi connectivity index (χ1v) is 4.21. The number of phenols is 1. The summed E-state index contributed by atoms with van der Waals surface area (Å²) in [4.78, 5) is -0.308. The molecule has 0 bridgehead atoms. The molecule has 1 aromatic carbocycles.